The van der Waals surface area contributed by atoms with E-state index in [1.165, 1.54) is 15.8 Å². The monoisotopic (exact) mass is 500 g/mol. The standard InChI is InChI=1S/C25H20N6O6/c1-36-24(32)21-20(15-8-4-3-5-9-15)17(12-26)23(27)30(22(21)25(33)37-2)19-11-7-6-10-18(19)29-14-16(13-28-29)31(34)35/h3-11,13-14,20H,27H2,1-2H3. The number of carbonyl (C=O) groups excluding carboxylic acids is 2. The Bertz CT molecular complexity index is 1500. The number of para-hydroxylation sites is 2. The molecule has 0 radical (unpaired) electrons. The number of methoxy groups -OCH3 is 2. The lowest BCUT2D eigenvalue weighted by Crippen LogP contribution is -2.41. The fraction of sp³-hybridized carbons (Fsp3) is 0.120. The number of benzene rings is 2. The third-order valence-electron chi connectivity index (χ3n) is 5.76. The highest BCUT2D eigenvalue weighted by atomic mass is 16.6. The molecular formula is C25H20N6O6. The number of rotatable bonds is 6. The quantitative estimate of drug-likeness (QED) is 0.302. The molecule has 2 N–H and O–H groups in total. The van der Waals surface area contributed by atoms with Crippen LogP contribution in [0.3, 0.4) is 0 Å². The molecule has 4 rings (SSSR count). The van der Waals surface area contributed by atoms with Crippen molar-refractivity contribution in [3.05, 3.63) is 105 Å². The molecule has 12 heteroatoms. The van der Waals surface area contributed by atoms with Crippen LogP contribution >= 0.6 is 0 Å². The predicted octanol–water partition coefficient (Wildman–Crippen LogP) is 2.68. The molecule has 12 nitrogen and oxygen atoms in total. The van der Waals surface area contributed by atoms with Crippen molar-refractivity contribution in [2.24, 2.45) is 5.73 Å². The molecule has 0 spiro atoms. The normalized spacial score (nSPS) is 15.3. The number of nitro groups is 1. The van der Waals surface area contributed by atoms with Gasteiger partial charge in [0.15, 0.2) is 0 Å². The Morgan fingerprint density at radius 3 is 2.24 bits per heavy atom. The van der Waals surface area contributed by atoms with Crippen LogP contribution in [0.15, 0.2) is 89.7 Å². The zero-order chi connectivity index (χ0) is 26.7. The summed E-state index contributed by atoms with van der Waals surface area (Å²) in [5.41, 5.74) is 6.84. The molecule has 0 saturated carbocycles. The first kappa shape index (κ1) is 24.7. The van der Waals surface area contributed by atoms with E-state index >= 15 is 0 Å². The number of carbonyl (C=O) groups is 2. The van der Waals surface area contributed by atoms with E-state index in [-0.39, 0.29) is 39.7 Å². The number of esters is 2. The highest BCUT2D eigenvalue weighted by Gasteiger charge is 2.43. The summed E-state index contributed by atoms with van der Waals surface area (Å²) >= 11 is 0. The van der Waals surface area contributed by atoms with Gasteiger partial charge in [-0.25, -0.2) is 14.3 Å². The Labute approximate surface area is 210 Å². The molecule has 1 aromatic heterocycles. The SMILES string of the molecule is COC(=O)C1=C(C(=O)OC)N(c2ccccc2-n2cc([N+](=O)[O-])cn2)C(N)=C(C#N)C1c1ccccc1. The van der Waals surface area contributed by atoms with Gasteiger partial charge in [0.1, 0.15) is 23.9 Å². The van der Waals surface area contributed by atoms with Crippen molar-refractivity contribution >= 4 is 23.3 Å². The second-order valence-corrected chi connectivity index (χ2v) is 7.72. The minimum absolute atomic E-state index is 0.0134. The molecule has 1 aliphatic rings. The second kappa shape index (κ2) is 10.0. The Morgan fingerprint density at radius 2 is 1.68 bits per heavy atom. The Hall–Kier alpha value is -5.44. The maximum absolute atomic E-state index is 13.2. The molecular weight excluding hydrogens is 480 g/mol. The molecule has 1 atom stereocenters. The zero-order valence-corrected chi connectivity index (χ0v) is 19.7. The lowest BCUT2D eigenvalue weighted by Gasteiger charge is -2.36. The molecule has 1 aliphatic heterocycles. The van der Waals surface area contributed by atoms with Crippen LogP contribution in [0.4, 0.5) is 11.4 Å². The van der Waals surface area contributed by atoms with E-state index < -0.39 is 22.8 Å². The fourth-order valence-corrected chi connectivity index (χ4v) is 4.15. The van der Waals surface area contributed by atoms with Gasteiger partial charge in [-0.15, -0.1) is 0 Å². The van der Waals surface area contributed by atoms with Gasteiger partial charge < -0.3 is 15.2 Å². The van der Waals surface area contributed by atoms with E-state index in [1.807, 2.05) is 0 Å². The minimum Gasteiger partial charge on any atom is -0.466 e. The van der Waals surface area contributed by atoms with Crippen molar-refractivity contribution in [1.29, 1.82) is 5.26 Å². The van der Waals surface area contributed by atoms with Gasteiger partial charge in [0.05, 0.1) is 53.7 Å². The summed E-state index contributed by atoms with van der Waals surface area (Å²) in [7, 11) is 2.30. The summed E-state index contributed by atoms with van der Waals surface area (Å²) < 4.78 is 11.3. The molecule has 0 fully saturated rings. The average Bonchev–Trinajstić information content (AvgIpc) is 3.42. The molecule has 186 valence electrons. The summed E-state index contributed by atoms with van der Waals surface area (Å²) in [6.07, 6.45) is 2.25. The number of hydrogen-bond acceptors (Lipinski definition) is 10. The Balaban J connectivity index is 2.07. The van der Waals surface area contributed by atoms with E-state index in [2.05, 4.69) is 11.2 Å². The first-order valence-electron chi connectivity index (χ1n) is 10.8. The molecule has 37 heavy (non-hydrogen) atoms. The summed E-state index contributed by atoms with van der Waals surface area (Å²) in [6, 6.07) is 17.1. The largest absolute Gasteiger partial charge is 0.466 e. The van der Waals surface area contributed by atoms with E-state index in [4.69, 9.17) is 15.2 Å². The van der Waals surface area contributed by atoms with Crippen LogP contribution in [-0.4, -0.2) is 40.9 Å². The van der Waals surface area contributed by atoms with E-state index in [0.29, 0.717) is 5.56 Å². The van der Waals surface area contributed by atoms with Crippen LogP contribution in [0.25, 0.3) is 5.69 Å². The summed E-state index contributed by atoms with van der Waals surface area (Å²) in [5.74, 6) is -2.95. The molecule has 3 aromatic rings. The molecule has 0 amide bonds. The van der Waals surface area contributed by atoms with Gasteiger partial charge in [0, 0.05) is 0 Å². The highest BCUT2D eigenvalue weighted by Crippen LogP contribution is 2.44. The van der Waals surface area contributed by atoms with E-state index in [9.17, 15) is 25.0 Å². The number of ether oxygens (including phenoxy) is 2. The van der Waals surface area contributed by atoms with Gasteiger partial charge in [-0.1, -0.05) is 42.5 Å². The van der Waals surface area contributed by atoms with E-state index in [1.54, 1.807) is 54.6 Å². The first-order chi connectivity index (χ1) is 17.8. The van der Waals surface area contributed by atoms with Crippen molar-refractivity contribution in [2.45, 2.75) is 5.92 Å². The van der Waals surface area contributed by atoms with E-state index in [0.717, 1.165) is 20.4 Å². The fourth-order valence-electron chi connectivity index (χ4n) is 4.15. The smallest absolute Gasteiger partial charge is 0.355 e. The van der Waals surface area contributed by atoms with Gasteiger partial charge in [0.2, 0.25) is 0 Å². The average molecular weight is 500 g/mol. The highest BCUT2D eigenvalue weighted by molar-refractivity contribution is 6.06. The maximum Gasteiger partial charge on any atom is 0.355 e. The minimum atomic E-state index is -1.03. The van der Waals surface area contributed by atoms with Crippen molar-refractivity contribution < 1.29 is 24.0 Å². The second-order valence-electron chi connectivity index (χ2n) is 7.72. The van der Waals surface area contributed by atoms with Gasteiger partial charge in [-0.2, -0.15) is 10.4 Å². The van der Waals surface area contributed by atoms with Crippen molar-refractivity contribution in [1.82, 2.24) is 9.78 Å². The number of anilines is 1. The maximum atomic E-state index is 13.2. The number of allylic oxidation sites excluding steroid dienone is 1. The van der Waals surface area contributed by atoms with Crippen LogP contribution in [-0.2, 0) is 19.1 Å². The number of nitrogens with zero attached hydrogens (tertiary/aromatic N) is 5. The Morgan fingerprint density at radius 1 is 1.05 bits per heavy atom. The van der Waals surface area contributed by atoms with Crippen molar-refractivity contribution in [2.75, 3.05) is 19.1 Å². The third-order valence-corrected chi connectivity index (χ3v) is 5.76. The molecule has 1 unspecified atom stereocenters. The molecule has 2 heterocycles. The lowest BCUT2D eigenvalue weighted by atomic mass is 9.81. The van der Waals surface area contributed by atoms with Crippen LogP contribution in [0.1, 0.15) is 11.5 Å². The van der Waals surface area contributed by atoms with Gasteiger partial charge >= 0.3 is 17.6 Å². The number of hydrogen-bond donors (Lipinski definition) is 1. The summed E-state index contributed by atoms with van der Waals surface area (Å²) in [6.45, 7) is 0. The van der Waals surface area contributed by atoms with Crippen LogP contribution in [0.2, 0.25) is 0 Å². The van der Waals surface area contributed by atoms with Crippen molar-refractivity contribution in [3.63, 3.8) is 0 Å². The van der Waals surface area contributed by atoms with Crippen LogP contribution < -0.4 is 10.6 Å². The van der Waals surface area contributed by atoms with Gasteiger partial charge in [0.25, 0.3) is 0 Å². The lowest BCUT2D eigenvalue weighted by molar-refractivity contribution is -0.384. The van der Waals surface area contributed by atoms with Crippen LogP contribution in [0, 0.1) is 21.4 Å². The topological polar surface area (TPSA) is 167 Å². The van der Waals surface area contributed by atoms with Crippen LogP contribution in [0.5, 0.6) is 0 Å². The molecule has 0 aliphatic carbocycles. The molecule has 2 aromatic carbocycles. The van der Waals surface area contributed by atoms with Gasteiger partial charge in [-0.3, -0.25) is 15.0 Å². The summed E-state index contributed by atoms with van der Waals surface area (Å²) in [4.78, 5) is 38.2. The third kappa shape index (κ3) is 4.25. The Kier molecular flexibility index (Phi) is 6.70. The first-order valence-corrected chi connectivity index (χ1v) is 10.8. The van der Waals surface area contributed by atoms with Crippen molar-refractivity contribution in [3.8, 4) is 11.8 Å². The summed E-state index contributed by atoms with van der Waals surface area (Å²) in [5, 5.41) is 25.4. The predicted molar refractivity (Wildman–Crippen MR) is 130 cm³/mol. The molecule has 0 bridgehead atoms. The zero-order valence-electron chi connectivity index (χ0n) is 19.7. The number of aromatic nitrogens is 2. The molecule has 0 saturated heterocycles. The van der Waals surface area contributed by atoms with Gasteiger partial charge in [-0.05, 0) is 17.7 Å². The number of nitriles is 1. The number of nitrogens with two attached hydrogens (primary N) is 1.